The highest BCUT2D eigenvalue weighted by Crippen LogP contribution is 2.05. The van der Waals surface area contributed by atoms with E-state index in [1.165, 1.54) is 13.8 Å². The van der Waals surface area contributed by atoms with Crippen LogP contribution in [-0.2, 0) is 43.2 Å². The minimum Gasteiger partial charge on any atom is -0.481 e. The van der Waals surface area contributed by atoms with Crippen LogP contribution in [0.15, 0.2) is 91.0 Å². The maximum absolute atomic E-state index is 11.8. The van der Waals surface area contributed by atoms with Gasteiger partial charge in [-0.2, -0.15) is 0 Å². The zero-order valence-corrected chi connectivity index (χ0v) is 18.8. The van der Waals surface area contributed by atoms with Crippen LogP contribution >= 0.6 is 0 Å². The van der Waals surface area contributed by atoms with Gasteiger partial charge in [-0.25, -0.2) is 0 Å². The fraction of sp³-hybridized carbons (Fsp3) is 0.185. The summed E-state index contributed by atoms with van der Waals surface area (Å²) in [6.45, 7) is 2.36. The lowest BCUT2D eigenvalue weighted by atomic mass is 10.0. The molecular formula is C27H28O6. The van der Waals surface area contributed by atoms with Gasteiger partial charge in [-0.05, 0) is 16.7 Å². The minimum atomic E-state index is -0.786. The van der Waals surface area contributed by atoms with Crippen molar-refractivity contribution in [2.75, 3.05) is 0 Å². The molecule has 0 aliphatic rings. The molecule has 0 aromatic heterocycles. The van der Waals surface area contributed by atoms with E-state index in [0.29, 0.717) is 12.8 Å². The molecule has 3 rings (SSSR count). The number of rotatable bonds is 6. The SMILES string of the molecule is CC(=O)OC(C)=O.O=C(Cc1ccccc1)Cc1ccccc1.O=C(O)Cc1ccccc1. The van der Waals surface area contributed by atoms with Crippen molar-refractivity contribution in [3.63, 3.8) is 0 Å². The van der Waals surface area contributed by atoms with E-state index >= 15 is 0 Å². The first-order chi connectivity index (χ1) is 15.8. The number of aliphatic carboxylic acids is 1. The summed E-state index contributed by atoms with van der Waals surface area (Å²) in [5.41, 5.74) is 3.02. The summed E-state index contributed by atoms with van der Waals surface area (Å²) in [6.07, 6.45) is 1.16. The Morgan fingerprint density at radius 2 is 0.879 bits per heavy atom. The molecule has 6 nitrogen and oxygen atoms in total. The van der Waals surface area contributed by atoms with Crippen LogP contribution in [-0.4, -0.2) is 28.8 Å². The summed E-state index contributed by atoms with van der Waals surface area (Å²) in [5.74, 6) is -1.65. The van der Waals surface area contributed by atoms with Crippen LogP contribution in [0.25, 0.3) is 0 Å². The van der Waals surface area contributed by atoms with Crippen LogP contribution in [0.1, 0.15) is 30.5 Å². The third-order valence-corrected chi connectivity index (χ3v) is 3.97. The molecule has 3 aromatic carbocycles. The van der Waals surface area contributed by atoms with Crippen LogP contribution in [0.4, 0.5) is 0 Å². The molecule has 3 aromatic rings. The lowest BCUT2D eigenvalue weighted by Gasteiger charge is -2.01. The average molecular weight is 449 g/mol. The highest BCUT2D eigenvalue weighted by molar-refractivity contribution is 5.83. The molecular weight excluding hydrogens is 420 g/mol. The monoisotopic (exact) mass is 448 g/mol. The Morgan fingerprint density at radius 1 is 0.576 bits per heavy atom. The number of hydrogen-bond donors (Lipinski definition) is 1. The van der Waals surface area contributed by atoms with Crippen LogP contribution in [0.2, 0.25) is 0 Å². The van der Waals surface area contributed by atoms with E-state index in [2.05, 4.69) is 4.74 Å². The number of ketones is 1. The fourth-order valence-corrected chi connectivity index (χ4v) is 2.68. The Morgan fingerprint density at radius 3 is 1.12 bits per heavy atom. The summed E-state index contributed by atoms with van der Waals surface area (Å²) in [4.78, 5) is 41.6. The Hall–Kier alpha value is -4.06. The third-order valence-electron chi connectivity index (χ3n) is 3.97. The van der Waals surface area contributed by atoms with Crippen LogP contribution in [0.3, 0.4) is 0 Å². The first kappa shape index (κ1) is 27.0. The molecule has 0 unspecified atom stereocenters. The highest BCUT2D eigenvalue weighted by atomic mass is 16.6. The maximum atomic E-state index is 11.8. The first-order valence-electron chi connectivity index (χ1n) is 10.3. The fourth-order valence-electron chi connectivity index (χ4n) is 2.68. The molecule has 1 N–H and O–H groups in total. The van der Waals surface area contributed by atoms with Crippen molar-refractivity contribution >= 4 is 23.7 Å². The van der Waals surface area contributed by atoms with E-state index in [4.69, 9.17) is 5.11 Å². The number of ether oxygens (including phenoxy) is 1. The van der Waals surface area contributed by atoms with Gasteiger partial charge in [0.25, 0.3) is 0 Å². The molecule has 0 heterocycles. The predicted molar refractivity (Wildman–Crippen MR) is 126 cm³/mol. The quantitative estimate of drug-likeness (QED) is 0.442. The second-order valence-electron chi connectivity index (χ2n) is 7.00. The van der Waals surface area contributed by atoms with Crippen LogP contribution in [0, 0.1) is 0 Å². The molecule has 0 saturated heterocycles. The number of Topliss-reactive ketones (excluding diaryl/α,β-unsaturated/α-hetero) is 1. The van der Waals surface area contributed by atoms with Crippen molar-refractivity contribution in [3.8, 4) is 0 Å². The number of carbonyl (C=O) groups excluding carboxylic acids is 3. The lowest BCUT2D eigenvalue weighted by Crippen LogP contribution is -2.06. The van der Waals surface area contributed by atoms with E-state index in [-0.39, 0.29) is 12.2 Å². The number of carboxylic acids is 1. The number of carbonyl (C=O) groups is 4. The molecule has 0 atom stereocenters. The van der Waals surface area contributed by atoms with E-state index in [1.807, 2.05) is 78.9 Å². The van der Waals surface area contributed by atoms with E-state index in [9.17, 15) is 19.2 Å². The van der Waals surface area contributed by atoms with E-state index in [1.54, 1.807) is 12.1 Å². The van der Waals surface area contributed by atoms with Crippen molar-refractivity contribution in [1.82, 2.24) is 0 Å². The average Bonchev–Trinajstić information content (AvgIpc) is 2.75. The Bertz CT molecular complexity index is 943. The zero-order valence-electron chi connectivity index (χ0n) is 18.8. The van der Waals surface area contributed by atoms with Gasteiger partial charge in [0, 0.05) is 26.7 Å². The van der Waals surface area contributed by atoms with Crippen molar-refractivity contribution in [2.45, 2.75) is 33.1 Å². The van der Waals surface area contributed by atoms with Gasteiger partial charge in [0.2, 0.25) is 0 Å². The van der Waals surface area contributed by atoms with Gasteiger partial charge < -0.3 is 9.84 Å². The smallest absolute Gasteiger partial charge is 0.310 e. The predicted octanol–water partition coefficient (Wildman–Crippen LogP) is 4.45. The van der Waals surface area contributed by atoms with Crippen molar-refractivity contribution in [2.24, 2.45) is 0 Å². The van der Waals surface area contributed by atoms with Gasteiger partial charge in [0.1, 0.15) is 5.78 Å². The highest BCUT2D eigenvalue weighted by Gasteiger charge is 2.04. The topological polar surface area (TPSA) is 97.7 Å². The summed E-state index contributed by atoms with van der Waals surface area (Å²) < 4.78 is 3.97. The summed E-state index contributed by atoms with van der Waals surface area (Å²) >= 11 is 0. The number of carboxylic acid groups (broad SMARTS) is 1. The Balaban J connectivity index is 0.000000275. The molecule has 6 heteroatoms. The second-order valence-corrected chi connectivity index (χ2v) is 7.00. The second kappa shape index (κ2) is 15.7. The molecule has 0 fully saturated rings. The minimum absolute atomic E-state index is 0.112. The van der Waals surface area contributed by atoms with Crippen molar-refractivity contribution < 1.29 is 29.0 Å². The largest absolute Gasteiger partial charge is 0.481 e. The summed E-state index contributed by atoms with van der Waals surface area (Å²) in [7, 11) is 0. The van der Waals surface area contributed by atoms with Gasteiger partial charge in [-0.15, -0.1) is 0 Å². The molecule has 0 radical (unpaired) electrons. The molecule has 0 saturated carbocycles. The Kier molecular flexibility index (Phi) is 12.8. The van der Waals surface area contributed by atoms with Gasteiger partial charge in [0.05, 0.1) is 6.42 Å². The van der Waals surface area contributed by atoms with Crippen LogP contribution < -0.4 is 0 Å². The molecule has 0 aliphatic heterocycles. The zero-order chi connectivity index (χ0) is 24.5. The molecule has 0 spiro atoms. The van der Waals surface area contributed by atoms with E-state index < -0.39 is 17.9 Å². The van der Waals surface area contributed by atoms with E-state index in [0.717, 1.165) is 16.7 Å². The maximum Gasteiger partial charge on any atom is 0.310 e. The normalized spacial score (nSPS) is 9.27. The van der Waals surface area contributed by atoms with Crippen LogP contribution in [0.5, 0.6) is 0 Å². The molecule has 0 bridgehead atoms. The lowest BCUT2D eigenvalue weighted by molar-refractivity contribution is -0.156. The number of esters is 2. The van der Waals surface area contributed by atoms with Gasteiger partial charge in [-0.1, -0.05) is 91.0 Å². The van der Waals surface area contributed by atoms with Crippen molar-refractivity contribution in [1.29, 1.82) is 0 Å². The van der Waals surface area contributed by atoms with Gasteiger partial charge in [-0.3, -0.25) is 19.2 Å². The molecule has 172 valence electrons. The standard InChI is InChI=1S/C15H14O.C8H8O2.C4H6O3/c16-15(11-13-7-3-1-4-8-13)12-14-9-5-2-6-10-14;9-8(10)6-7-4-2-1-3-5-7;1-3(5)7-4(2)6/h1-10H,11-12H2;1-5H,6H2,(H,9,10);1-2H3. The number of hydrogen-bond acceptors (Lipinski definition) is 5. The Labute approximate surface area is 193 Å². The number of benzene rings is 3. The first-order valence-corrected chi connectivity index (χ1v) is 10.3. The summed E-state index contributed by atoms with van der Waals surface area (Å²) in [6, 6.07) is 28.9. The van der Waals surface area contributed by atoms with Gasteiger partial charge in [0.15, 0.2) is 0 Å². The molecule has 0 amide bonds. The van der Waals surface area contributed by atoms with Gasteiger partial charge >= 0.3 is 17.9 Å². The summed E-state index contributed by atoms with van der Waals surface area (Å²) in [5, 5.41) is 8.37. The molecule has 33 heavy (non-hydrogen) atoms. The van der Waals surface area contributed by atoms with Crippen molar-refractivity contribution in [3.05, 3.63) is 108 Å². The third kappa shape index (κ3) is 14.6. The molecule has 0 aliphatic carbocycles.